The minimum Gasteiger partial charge on any atom is -0.491 e. The van der Waals surface area contributed by atoms with E-state index in [0.29, 0.717) is 23.2 Å². The van der Waals surface area contributed by atoms with Gasteiger partial charge in [-0.1, -0.05) is 18.2 Å². The minimum atomic E-state index is -0.294. The summed E-state index contributed by atoms with van der Waals surface area (Å²) in [6.45, 7) is 6.44. The minimum absolute atomic E-state index is 0.0865. The molecular weight excluding hydrogens is 398 g/mol. The van der Waals surface area contributed by atoms with Crippen LogP contribution in [0.2, 0.25) is 0 Å². The van der Waals surface area contributed by atoms with E-state index in [0.717, 1.165) is 16.8 Å². The third kappa shape index (κ3) is 4.07. The highest BCUT2D eigenvalue weighted by Crippen LogP contribution is 2.32. The first-order valence-corrected chi connectivity index (χ1v) is 10.7. The van der Waals surface area contributed by atoms with Gasteiger partial charge >= 0.3 is 0 Å². The van der Waals surface area contributed by atoms with Crippen LogP contribution in [0.5, 0.6) is 5.75 Å². The second-order valence-electron chi connectivity index (χ2n) is 7.38. The lowest BCUT2D eigenvalue weighted by Crippen LogP contribution is -2.37. The van der Waals surface area contributed by atoms with Gasteiger partial charge in [-0.3, -0.25) is 14.5 Å². The summed E-state index contributed by atoms with van der Waals surface area (Å²) < 4.78 is 5.63. The SMILES string of the molecule is Cc1cc(C)c(-c2csc(NC(=O)CN3C(=O)CCOc4ccccc43)n2)cc1C. The number of hydrogen-bond donors (Lipinski definition) is 1. The number of anilines is 2. The second-order valence-corrected chi connectivity index (χ2v) is 8.24. The maximum absolute atomic E-state index is 12.7. The molecule has 1 aromatic heterocycles. The van der Waals surface area contributed by atoms with Crippen LogP contribution in [-0.4, -0.2) is 29.9 Å². The number of hydrogen-bond acceptors (Lipinski definition) is 5. The molecule has 0 radical (unpaired) electrons. The number of nitrogens with one attached hydrogen (secondary N) is 1. The Morgan fingerprint density at radius 2 is 1.93 bits per heavy atom. The zero-order chi connectivity index (χ0) is 21.3. The average Bonchev–Trinajstić information content (AvgIpc) is 3.11. The molecule has 7 heteroatoms. The zero-order valence-corrected chi connectivity index (χ0v) is 18.0. The van der Waals surface area contributed by atoms with Gasteiger partial charge in [-0.25, -0.2) is 4.98 Å². The van der Waals surface area contributed by atoms with Crippen molar-refractivity contribution in [2.24, 2.45) is 0 Å². The Labute approximate surface area is 179 Å². The van der Waals surface area contributed by atoms with Gasteiger partial charge in [-0.15, -0.1) is 11.3 Å². The molecule has 0 fully saturated rings. The number of nitrogens with zero attached hydrogens (tertiary/aromatic N) is 2. The zero-order valence-electron chi connectivity index (χ0n) is 17.2. The molecule has 0 spiro atoms. The number of benzene rings is 2. The van der Waals surface area contributed by atoms with Crippen LogP contribution >= 0.6 is 11.3 Å². The smallest absolute Gasteiger partial charge is 0.246 e. The molecule has 154 valence electrons. The molecule has 1 N–H and O–H groups in total. The molecular formula is C23H23N3O3S. The van der Waals surface area contributed by atoms with E-state index in [4.69, 9.17) is 4.74 Å². The van der Waals surface area contributed by atoms with Crippen molar-refractivity contribution in [1.29, 1.82) is 0 Å². The van der Waals surface area contributed by atoms with Crippen molar-refractivity contribution in [1.82, 2.24) is 4.98 Å². The number of aryl methyl sites for hydroxylation is 3. The number of rotatable bonds is 4. The van der Waals surface area contributed by atoms with E-state index in [2.05, 4.69) is 43.2 Å². The Bertz CT molecular complexity index is 1120. The van der Waals surface area contributed by atoms with Crippen molar-refractivity contribution in [2.45, 2.75) is 27.2 Å². The van der Waals surface area contributed by atoms with Gasteiger partial charge in [0.05, 0.1) is 24.4 Å². The molecule has 1 aliphatic rings. The van der Waals surface area contributed by atoms with E-state index in [1.165, 1.54) is 27.4 Å². The first-order chi connectivity index (χ1) is 14.4. The summed E-state index contributed by atoms with van der Waals surface area (Å²) in [6.07, 6.45) is 0.232. The number of carbonyl (C=O) groups excluding carboxylic acids is 2. The monoisotopic (exact) mass is 421 g/mol. The molecule has 1 aliphatic heterocycles. The van der Waals surface area contributed by atoms with Gasteiger partial charge in [-0.2, -0.15) is 0 Å². The fourth-order valence-corrected chi connectivity index (χ4v) is 4.21. The molecule has 0 saturated carbocycles. The van der Waals surface area contributed by atoms with Gasteiger partial charge < -0.3 is 10.1 Å². The Balaban J connectivity index is 1.50. The second kappa shape index (κ2) is 8.28. The average molecular weight is 422 g/mol. The van der Waals surface area contributed by atoms with Gasteiger partial charge in [0.25, 0.3) is 0 Å². The Morgan fingerprint density at radius 1 is 1.17 bits per heavy atom. The summed E-state index contributed by atoms with van der Waals surface area (Å²) in [5, 5.41) is 5.28. The molecule has 3 aromatic rings. The van der Waals surface area contributed by atoms with Crippen molar-refractivity contribution in [3.8, 4) is 17.0 Å². The lowest BCUT2D eigenvalue weighted by atomic mass is 9.99. The normalized spacial score (nSPS) is 13.4. The first kappa shape index (κ1) is 20.1. The molecule has 0 aliphatic carbocycles. The van der Waals surface area contributed by atoms with Crippen molar-refractivity contribution in [2.75, 3.05) is 23.4 Å². The Kier molecular flexibility index (Phi) is 5.55. The van der Waals surface area contributed by atoms with Crippen LogP contribution < -0.4 is 15.0 Å². The maximum Gasteiger partial charge on any atom is 0.246 e. The third-order valence-electron chi connectivity index (χ3n) is 5.20. The van der Waals surface area contributed by atoms with Crippen LogP contribution in [0.25, 0.3) is 11.3 Å². The Morgan fingerprint density at radius 3 is 2.77 bits per heavy atom. The molecule has 30 heavy (non-hydrogen) atoms. The molecule has 2 heterocycles. The molecule has 0 unspecified atom stereocenters. The number of aromatic nitrogens is 1. The summed E-state index contributed by atoms with van der Waals surface area (Å²) in [6, 6.07) is 11.5. The van der Waals surface area contributed by atoms with Crippen LogP contribution in [0, 0.1) is 20.8 Å². The lowest BCUT2D eigenvalue weighted by Gasteiger charge is -2.20. The fourth-order valence-electron chi connectivity index (χ4n) is 3.49. The molecule has 2 aromatic carbocycles. The van der Waals surface area contributed by atoms with Gasteiger partial charge in [0.15, 0.2) is 5.13 Å². The largest absolute Gasteiger partial charge is 0.491 e. The van der Waals surface area contributed by atoms with Gasteiger partial charge in [0.2, 0.25) is 11.8 Å². The molecule has 2 amide bonds. The van der Waals surface area contributed by atoms with Crippen molar-refractivity contribution in [3.05, 3.63) is 58.5 Å². The van der Waals surface area contributed by atoms with E-state index < -0.39 is 0 Å². The number of thiazole rings is 1. The van der Waals surface area contributed by atoms with Crippen molar-refractivity contribution in [3.63, 3.8) is 0 Å². The topological polar surface area (TPSA) is 71.5 Å². The van der Waals surface area contributed by atoms with E-state index in [-0.39, 0.29) is 24.8 Å². The van der Waals surface area contributed by atoms with Gasteiger partial charge in [0.1, 0.15) is 12.3 Å². The van der Waals surface area contributed by atoms with Crippen LogP contribution in [0.4, 0.5) is 10.8 Å². The van der Waals surface area contributed by atoms with Crippen molar-refractivity contribution < 1.29 is 14.3 Å². The van der Waals surface area contributed by atoms with Crippen LogP contribution in [-0.2, 0) is 9.59 Å². The molecule has 0 atom stereocenters. The van der Waals surface area contributed by atoms with Crippen LogP contribution in [0.1, 0.15) is 23.1 Å². The highest BCUT2D eigenvalue weighted by molar-refractivity contribution is 7.14. The van der Waals surface area contributed by atoms with Gasteiger partial charge in [-0.05, 0) is 55.7 Å². The highest BCUT2D eigenvalue weighted by atomic mass is 32.1. The summed E-state index contributed by atoms with van der Waals surface area (Å²) in [7, 11) is 0. The van der Waals surface area contributed by atoms with E-state index in [1.807, 2.05) is 17.5 Å². The fraction of sp³-hybridized carbons (Fsp3) is 0.261. The highest BCUT2D eigenvalue weighted by Gasteiger charge is 2.25. The predicted octanol–water partition coefficient (Wildman–Crippen LogP) is 4.49. The number of para-hydroxylation sites is 2. The molecule has 0 saturated heterocycles. The summed E-state index contributed by atoms with van der Waals surface area (Å²) in [5.41, 5.74) is 6.10. The molecule has 4 rings (SSSR count). The first-order valence-electron chi connectivity index (χ1n) is 9.78. The lowest BCUT2D eigenvalue weighted by molar-refractivity contribution is -0.121. The van der Waals surface area contributed by atoms with Crippen LogP contribution in [0.15, 0.2) is 41.8 Å². The number of ether oxygens (including phenoxy) is 1. The summed E-state index contributed by atoms with van der Waals surface area (Å²) >= 11 is 1.37. The predicted molar refractivity (Wildman–Crippen MR) is 119 cm³/mol. The number of amides is 2. The third-order valence-corrected chi connectivity index (χ3v) is 5.96. The quantitative estimate of drug-likeness (QED) is 0.674. The number of fused-ring (bicyclic) bond motifs is 1. The van der Waals surface area contributed by atoms with Gasteiger partial charge in [0, 0.05) is 10.9 Å². The van der Waals surface area contributed by atoms with Crippen LogP contribution in [0.3, 0.4) is 0 Å². The van der Waals surface area contributed by atoms with E-state index in [9.17, 15) is 9.59 Å². The maximum atomic E-state index is 12.7. The molecule has 0 bridgehead atoms. The molecule has 6 nitrogen and oxygen atoms in total. The van der Waals surface area contributed by atoms with E-state index >= 15 is 0 Å². The van der Waals surface area contributed by atoms with Crippen molar-refractivity contribution >= 4 is 34.0 Å². The Hall–Kier alpha value is -3.19. The standard InChI is InChI=1S/C23H23N3O3S/c1-14-10-16(3)17(11-15(14)2)18-13-30-23(24-18)25-21(27)12-26-19-6-4-5-7-20(19)29-9-8-22(26)28/h4-7,10-11,13H,8-9,12H2,1-3H3,(H,24,25,27). The summed E-state index contributed by atoms with van der Waals surface area (Å²) in [5.74, 6) is 0.177. The number of carbonyl (C=O) groups is 2. The summed E-state index contributed by atoms with van der Waals surface area (Å²) in [4.78, 5) is 31.2. The van der Waals surface area contributed by atoms with E-state index in [1.54, 1.807) is 12.1 Å².